The van der Waals surface area contributed by atoms with E-state index < -0.39 is 10.0 Å². The van der Waals surface area contributed by atoms with Gasteiger partial charge < -0.3 is 5.32 Å². The van der Waals surface area contributed by atoms with Crippen molar-refractivity contribution in [2.75, 3.05) is 19.3 Å². The molecule has 2 N–H and O–H groups in total. The lowest BCUT2D eigenvalue weighted by molar-refractivity contribution is 0.579. The van der Waals surface area contributed by atoms with E-state index in [0.717, 1.165) is 34.3 Å². The lowest BCUT2D eigenvalue weighted by Gasteiger charge is -2.07. The Kier molecular flexibility index (Phi) is 6.59. The van der Waals surface area contributed by atoms with Gasteiger partial charge in [-0.05, 0) is 36.7 Å². The summed E-state index contributed by atoms with van der Waals surface area (Å²) in [6.45, 7) is 1.83. The van der Waals surface area contributed by atoms with Crippen molar-refractivity contribution in [2.24, 2.45) is 0 Å². The second-order valence-electron chi connectivity index (χ2n) is 3.93. The van der Waals surface area contributed by atoms with E-state index in [9.17, 15) is 8.42 Å². The zero-order valence-corrected chi connectivity index (χ0v) is 13.2. The summed E-state index contributed by atoms with van der Waals surface area (Å²) in [5.41, 5.74) is 1.02. The molecule has 0 aromatic heterocycles. The van der Waals surface area contributed by atoms with Gasteiger partial charge in [0.25, 0.3) is 0 Å². The average molecular weight is 356 g/mol. The van der Waals surface area contributed by atoms with E-state index in [1.807, 2.05) is 18.2 Å². The van der Waals surface area contributed by atoms with Gasteiger partial charge in [-0.1, -0.05) is 27.5 Å². The number of hydrogen-bond donors (Lipinski definition) is 2. The number of rotatable bonds is 7. The van der Waals surface area contributed by atoms with Crippen molar-refractivity contribution in [3.05, 3.63) is 33.3 Å². The molecule has 0 aliphatic rings. The zero-order valence-electron chi connectivity index (χ0n) is 10.0. The third-order valence-corrected chi connectivity index (χ3v) is 3.81. The largest absolute Gasteiger partial charge is 0.313 e. The van der Waals surface area contributed by atoms with Crippen molar-refractivity contribution in [3.63, 3.8) is 0 Å². The Hall–Kier alpha value is -0.140. The highest BCUT2D eigenvalue weighted by atomic mass is 79.9. The van der Waals surface area contributed by atoms with E-state index in [0.29, 0.717) is 13.1 Å². The molecule has 0 amide bonds. The summed E-state index contributed by atoms with van der Waals surface area (Å²) in [6.07, 6.45) is 1.89. The van der Waals surface area contributed by atoms with E-state index >= 15 is 0 Å². The third kappa shape index (κ3) is 6.70. The Labute approximate surface area is 121 Å². The molecule has 0 heterocycles. The Morgan fingerprint density at radius 3 is 2.72 bits per heavy atom. The molecule has 18 heavy (non-hydrogen) atoms. The van der Waals surface area contributed by atoms with Crippen LogP contribution in [0, 0.1) is 0 Å². The maximum absolute atomic E-state index is 10.8. The van der Waals surface area contributed by atoms with Gasteiger partial charge in [0.2, 0.25) is 10.0 Å². The highest BCUT2D eigenvalue weighted by molar-refractivity contribution is 9.10. The monoisotopic (exact) mass is 354 g/mol. The Balaban J connectivity index is 2.24. The number of halogens is 2. The number of sulfonamides is 1. The molecule has 0 bridgehead atoms. The van der Waals surface area contributed by atoms with E-state index in [2.05, 4.69) is 26.0 Å². The van der Waals surface area contributed by atoms with Crippen molar-refractivity contribution in [1.82, 2.24) is 10.0 Å². The molecule has 0 spiro atoms. The quantitative estimate of drug-likeness (QED) is 0.737. The van der Waals surface area contributed by atoms with Crippen LogP contribution in [0.15, 0.2) is 22.7 Å². The van der Waals surface area contributed by atoms with E-state index in [1.165, 1.54) is 0 Å². The molecule has 0 fully saturated rings. The standard InChI is InChI=1S/C11H16BrClN2O2S/c1-18(16,17)15-6-2-5-14-8-9-7-10(12)3-4-11(9)13/h3-4,7,14-15H,2,5-6,8H2,1H3. The van der Waals surface area contributed by atoms with Crippen molar-refractivity contribution >= 4 is 37.6 Å². The van der Waals surface area contributed by atoms with Gasteiger partial charge in [-0.3, -0.25) is 0 Å². The SMILES string of the molecule is CS(=O)(=O)NCCCNCc1cc(Br)ccc1Cl. The first kappa shape index (κ1) is 15.9. The Morgan fingerprint density at radius 2 is 2.06 bits per heavy atom. The summed E-state index contributed by atoms with van der Waals surface area (Å²) < 4.78 is 25.1. The maximum atomic E-state index is 10.8. The highest BCUT2D eigenvalue weighted by Gasteiger charge is 2.01. The van der Waals surface area contributed by atoms with Crippen LogP contribution < -0.4 is 10.0 Å². The Morgan fingerprint density at radius 1 is 1.33 bits per heavy atom. The van der Waals surface area contributed by atoms with Crippen molar-refractivity contribution in [3.8, 4) is 0 Å². The summed E-state index contributed by atoms with van der Waals surface area (Å²) >= 11 is 9.43. The number of hydrogen-bond acceptors (Lipinski definition) is 3. The topological polar surface area (TPSA) is 58.2 Å². The van der Waals surface area contributed by atoms with Crippen molar-refractivity contribution < 1.29 is 8.42 Å². The van der Waals surface area contributed by atoms with Crippen LogP contribution in [0.2, 0.25) is 5.02 Å². The first-order chi connectivity index (χ1) is 8.38. The van der Waals surface area contributed by atoms with E-state index in [4.69, 9.17) is 11.6 Å². The molecular weight excluding hydrogens is 340 g/mol. The summed E-state index contributed by atoms with van der Waals surface area (Å²) in [4.78, 5) is 0. The fraction of sp³-hybridized carbons (Fsp3) is 0.455. The number of benzene rings is 1. The molecule has 0 atom stereocenters. The third-order valence-electron chi connectivity index (χ3n) is 2.22. The van der Waals surface area contributed by atoms with Crippen molar-refractivity contribution in [2.45, 2.75) is 13.0 Å². The number of nitrogens with one attached hydrogen (secondary N) is 2. The first-order valence-electron chi connectivity index (χ1n) is 5.48. The molecule has 0 saturated carbocycles. The summed E-state index contributed by atoms with van der Waals surface area (Å²) in [5, 5.41) is 3.94. The molecule has 1 aromatic carbocycles. The predicted octanol–water partition coefficient (Wildman–Crippen LogP) is 2.13. The van der Waals surface area contributed by atoms with Crippen LogP contribution in [-0.2, 0) is 16.6 Å². The lowest BCUT2D eigenvalue weighted by Crippen LogP contribution is -2.26. The second kappa shape index (κ2) is 7.45. The summed E-state index contributed by atoms with van der Waals surface area (Å²) in [5.74, 6) is 0. The summed E-state index contributed by atoms with van der Waals surface area (Å²) in [7, 11) is -3.08. The van der Waals surface area contributed by atoms with Gasteiger partial charge in [0.15, 0.2) is 0 Å². The van der Waals surface area contributed by atoms with E-state index in [-0.39, 0.29) is 0 Å². The van der Waals surface area contributed by atoms with Crippen LogP contribution in [0.5, 0.6) is 0 Å². The van der Waals surface area contributed by atoms with Crippen LogP contribution in [0.25, 0.3) is 0 Å². The minimum atomic E-state index is -3.08. The molecule has 0 aliphatic heterocycles. The van der Waals surface area contributed by atoms with Crippen LogP contribution >= 0.6 is 27.5 Å². The molecule has 0 radical (unpaired) electrons. The van der Waals surface area contributed by atoms with Gasteiger partial charge in [-0.25, -0.2) is 13.1 Å². The minimum Gasteiger partial charge on any atom is -0.313 e. The molecule has 0 aliphatic carbocycles. The van der Waals surface area contributed by atoms with Crippen LogP contribution in [0.1, 0.15) is 12.0 Å². The zero-order chi connectivity index (χ0) is 13.6. The van der Waals surface area contributed by atoms with Crippen LogP contribution in [0.3, 0.4) is 0 Å². The lowest BCUT2D eigenvalue weighted by atomic mass is 10.2. The van der Waals surface area contributed by atoms with Gasteiger partial charge in [0.1, 0.15) is 0 Å². The molecular formula is C11H16BrClN2O2S. The average Bonchev–Trinajstić information content (AvgIpc) is 2.26. The highest BCUT2D eigenvalue weighted by Crippen LogP contribution is 2.20. The smallest absolute Gasteiger partial charge is 0.208 e. The molecule has 4 nitrogen and oxygen atoms in total. The van der Waals surface area contributed by atoms with E-state index in [1.54, 1.807) is 0 Å². The normalized spacial score (nSPS) is 11.7. The predicted molar refractivity (Wildman–Crippen MR) is 78.3 cm³/mol. The van der Waals surface area contributed by atoms with Crippen LogP contribution in [0.4, 0.5) is 0 Å². The van der Waals surface area contributed by atoms with Gasteiger partial charge in [0, 0.05) is 22.6 Å². The van der Waals surface area contributed by atoms with Gasteiger partial charge in [-0.15, -0.1) is 0 Å². The molecule has 1 rings (SSSR count). The van der Waals surface area contributed by atoms with Gasteiger partial charge in [0.05, 0.1) is 6.26 Å². The first-order valence-corrected chi connectivity index (χ1v) is 8.54. The molecule has 1 aromatic rings. The molecule has 7 heteroatoms. The fourth-order valence-corrected chi connectivity index (χ4v) is 2.48. The Bertz CT molecular complexity index is 494. The minimum absolute atomic E-state index is 0.443. The van der Waals surface area contributed by atoms with Crippen LogP contribution in [-0.4, -0.2) is 27.8 Å². The summed E-state index contributed by atoms with van der Waals surface area (Å²) in [6, 6.07) is 5.69. The van der Waals surface area contributed by atoms with Gasteiger partial charge in [-0.2, -0.15) is 0 Å². The van der Waals surface area contributed by atoms with Gasteiger partial charge >= 0.3 is 0 Å². The second-order valence-corrected chi connectivity index (χ2v) is 7.09. The fourth-order valence-electron chi connectivity index (χ4n) is 1.37. The molecule has 0 unspecified atom stereocenters. The molecule has 102 valence electrons. The molecule has 0 saturated heterocycles. The maximum Gasteiger partial charge on any atom is 0.208 e. The van der Waals surface area contributed by atoms with Crippen molar-refractivity contribution in [1.29, 1.82) is 0 Å².